The molecule has 0 saturated carbocycles. The van der Waals surface area contributed by atoms with Gasteiger partial charge in [-0.15, -0.1) is 0 Å². The molecule has 0 aliphatic rings. The summed E-state index contributed by atoms with van der Waals surface area (Å²) < 4.78 is 11.2. The molecular formula is C45H86O4. The van der Waals surface area contributed by atoms with Gasteiger partial charge in [0.2, 0.25) is 0 Å². The summed E-state index contributed by atoms with van der Waals surface area (Å²) in [5.74, 6) is -0.210. The summed E-state index contributed by atoms with van der Waals surface area (Å²) in [6.07, 6.45) is 52.4. The fraction of sp³-hybridized carbons (Fsp3) is 0.889. The summed E-state index contributed by atoms with van der Waals surface area (Å²) >= 11 is 0. The summed E-state index contributed by atoms with van der Waals surface area (Å²) in [6, 6.07) is 0. The lowest BCUT2D eigenvalue weighted by molar-refractivity contribution is -0.154. The predicted octanol–water partition coefficient (Wildman–Crippen LogP) is 14.3. The average Bonchev–Trinajstić information content (AvgIpc) is 3.11. The zero-order chi connectivity index (χ0) is 35.6. The van der Waals surface area contributed by atoms with Crippen molar-refractivity contribution in [1.29, 1.82) is 0 Å². The lowest BCUT2D eigenvalue weighted by atomic mass is 10.0. The number of carbonyl (C=O) groups is 1. The van der Waals surface area contributed by atoms with E-state index < -0.39 is 6.10 Å². The van der Waals surface area contributed by atoms with Gasteiger partial charge in [-0.1, -0.05) is 205 Å². The number of hydrogen-bond donors (Lipinski definition) is 1. The molecular weight excluding hydrogens is 604 g/mol. The molecule has 1 atom stereocenters. The van der Waals surface area contributed by atoms with Crippen LogP contribution in [0, 0.1) is 0 Å². The number of aliphatic hydroxyl groups is 1. The number of allylic oxidation sites excluding steroid dienone is 4. The molecule has 4 nitrogen and oxygen atoms in total. The Labute approximate surface area is 307 Å². The van der Waals surface area contributed by atoms with Crippen molar-refractivity contribution < 1.29 is 19.4 Å². The molecule has 0 radical (unpaired) electrons. The quantitative estimate of drug-likeness (QED) is 0.0394. The van der Waals surface area contributed by atoms with Crippen LogP contribution in [0.1, 0.15) is 232 Å². The third kappa shape index (κ3) is 41.2. The van der Waals surface area contributed by atoms with Gasteiger partial charge in [0.25, 0.3) is 0 Å². The van der Waals surface area contributed by atoms with Gasteiger partial charge in [-0.25, -0.2) is 0 Å². The number of rotatable bonds is 41. The Balaban J connectivity index is 3.39. The van der Waals surface area contributed by atoms with Crippen LogP contribution in [0.5, 0.6) is 0 Å². The van der Waals surface area contributed by atoms with Gasteiger partial charge in [-0.2, -0.15) is 0 Å². The molecule has 0 aliphatic heterocycles. The molecule has 0 aromatic heterocycles. The van der Waals surface area contributed by atoms with Crippen LogP contribution in [0.3, 0.4) is 0 Å². The summed E-state index contributed by atoms with van der Waals surface area (Å²) in [5.41, 5.74) is 0. The topological polar surface area (TPSA) is 55.8 Å². The van der Waals surface area contributed by atoms with Crippen molar-refractivity contribution in [2.75, 3.05) is 19.8 Å². The van der Waals surface area contributed by atoms with Crippen molar-refractivity contribution in [3.63, 3.8) is 0 Å². The zero-order valence-corrected chi connectivity index (χ0v) is 33.2. The molecule has 290 valence electrons. The second-order valence-corrected chi connectivity index (χ2v) is 14.8. The van der Waals surface area contributed by atoms with E-state index in [4.69, 9.17) is 9.47 Å². The average molecular weight is 691 g/mol. The fourth-order valence-electron chi connectivity index (χ4n) is 6.48. The van der Waals surface area contributed by atoms with Gasteiger partial charge in [0.05, 0.1) is 13.2 Å². The minimum absolute atomic E-state index is 0.173. The molecule has 0 bridgehead atoms. The van der Waals surface area contributed by atoms with Gasteiger partial charge in [-0.05, 0) is 44.9 Å². The molecule has 1 unspecified atom stereocenters. The first-order valence-electron chi connectivity index (χ1n) is 21.9. The van der Waals surface area contributed by atoms with Crippen LogP contribution in [0.15, 0.2) is 24.3 Å². The smallest absolute Gasteiger partial charge is 0.306 e. The number of aliphatic hydroxyl groups excluding tert-OH is 1. The first-order chi connectivity index (χ1) is 24.2. The molecule has 0 rings (SSSR count). The molecule has 0 heterocycles. The molecule has 0 aliphatic carbocycles. The molecule has 49 heavy (non-hydrogen) atoms. The van der Waals surface area contributed by atoms with E-state index in [0.29, 0.717) is 19.6 Å². The maximum atomic E-state index is 12.2. The molecule has 0 aromatic carbocycles. The van der Waals surface area contributed by atoms with Crippen molar-refractivity contribution in [2.24, 2.45) is 0 Å². The molecule has 0 fully saturated rings. The lowest BCUT2D eigenvalue weighted by Crippen LogP contribution is -2.27. The summed E-state index contributed by atoms with van der Waals surface area (Å²) in [4.78, 5) is 12.2. The van der Waals surface area contributed by atoms with E-state index in [1.165, 1.54) is 173 Å². The highest BCUT2D eigenvalue weighted by atomic mass is 16.6. The van der Waals surface area contributed by atoms with Crippen molar-refractivity contribution in [1.82, 2.24) is 0 Å². The highest BCUT2D eigenvalue weighted by Gasteiger charge is 2.13. The molecule has 1 N–H and O–H groups in total. The summed E-state index contributed by atoms with van der Waals surface area (Å²) in [6.45, 7) is 5.35. The molecule has 0 spiro atoms. The second kappa shape index (κ2) is 43.0. The molecule has 0 saturated heterocycles. The maximum Gasteiger partial charge on any atom is 0.306 e. The van der Waals surface area contributed by atoms with Gasteiger partial charge in [0, 0.05) is 13.0 Å². The van der Waals surface area contributed by atoms with Crippen LogP contribution in [-0.4, -0.2) is 37.0 Å². The van der Waals surface area contributed by atoms with Crippen LogP contribution in [-0.2, 0) is 14.3 Å². The van der Waals surface area contributed by atoms with E-state index in [1.807, 2.05) is 0 Å². The standard InChI is InChI=1S/C45H86O4/c1-3-5-7-9-11-13-15-17-19-21-22-23-24-25-27-29-31-33-35-37-39-41-48-43-44(42-46)49-45(47)40-38-36-34-32-30-28-26-20-18-16-14-12-10-8-6-4-2/h14,16,20,26,44,46H,3-13,15,17-19,21-25,27-43H2,1-2H3/b16-14-,26-20-. The number of ether oxygens (including phenoxy) is 2. The van der Waals surface area contributed by atoms with Crippen LogP contribution in [0.2, 0.25) is 0 Å². The van der Waals surface area contributed by atoms with Gasteiger partial charge >= 0.3 is 5.97 Å². The van der Waals surface area contributed by atoms with Gasteiger partial charge in [0.1, 0.15) is 6.10 Å². The highest BCUT2D eigenvalue weighted by Crippen LogP contribution is 2.15. The van der Waals surface area contributed by atoms with E-state index in [-0.39, 0.29) is 12.6 Å². The van der Waals surface area contributed by atoms with E-state index in [0.717, 1.165) is 38.5 Å². The third-order valence-corrected chi connectivity index (χ3v) is 9.78. The summed E-state index contributed by atoms with van der Waals surface area (Å²) in [5, 5.41) is 9.60. The molecule has 0 aromatic rings. The first kappa shape index (κ1) is 47.9. The summed E-state index contributed by atoms with van der Waals surface area (Å²) in [7, 11) is 0. The van der Waals surface area contributed by atoms with Crippen molar-refractivity contribution in [3.05, 3.63) is 24.3 Å². The van der Waals surface area contributed by atoms with E-state index in [2.05, 4.69) is 38.2 Å². The maximum absolute atomic E-state index is 12.2. The Bertz CT molecular complexity index is 688. The predicted molar refractivity (Wildman–Crippen MR) is 214 cm³/mol. The Kier molecular flexibility index (Phi) is 42.0. The molecule has 4 heteroatoms. The van der Waals surface area contributed by atoms with Crippen molar-refractivity contribution in [2.45, 2.75) is 238 Å². The normalized spacial score (nSPS) is 12.5. The minimum atomic E-state index is -0.537. The van der Waals surface area contributed by atoms with Crippen LogP contribution in [0.4, 0.5) is 0 Å². The van der Waals surface area contributed by atoms with Crippen LogP contribution >= 0.6 is 0 Å². The Morgan fingerprint density at radius 3 is 1.29 bits per heavy atom. The van der Waals surface area contributed by atoms with Gasteiger partial charge in [-0.3, -0.25) is 4.79 Å². The zero-order valence-electron chi connectivity index (χ0n) is 33.2. The Morgan fingerprint density at radius 1 is 0.490 bits per heavy atom. The SMILES string of the molecule is CCCCCC/C=C\C/C=C\CCCCCCCC(=O)OC(CO)COCCCCCCCCCCCCCCCCCCCCCCC. The first-order valence-corrected chi connectivity index (χ1v) is 21.9. The largest absolute Gasteiger partial charge is 0.457 e. The van der Waals surface area contributed by atoms with E-state index in [1.54, 1.807) is 0 Å². The minimum Gasteiger partial charge on any atom is -0.457 e. The molecule has 0 amide bonds. The number of unbranched alkanes of at least 4 members (excludes halogenated alkanes) is 29. The van der Waals surface area contributed by atoms with Crippen molar-refractivity contribution in [3.8, 4) is 0 Å². The van der Waals surface area contributed by atoms with Crippen LogP contribution in [0.25, 0.3) is 0 Å². The van der Waals surface area contributed by atoms with Crippen LogP contribution < -0.4 is 0 Å². The van der Waals surface area contributed by atoms with E-state index >= 15 is 0 Å². The van der Waals surface area contributed by atoms with Crippen molar-refractivity contribution >= 4 is 5.97 Å². The van der Waals surface area contributed by atoms with E-state index in [9.17, 15) is 9.90 Å². The second-order valence-electron chi connectivity index (χ2n) is 14.8. The third-order valence-electron chi connectivity index (χ3n) is 9.78. The number of carbonyl (C=O) groups excluding carboxylic acids is 1. The number of esters is 1. The van der Waals surface area contributed by atoms with Gasteiger partial charge in [0.15, 0.2) is 0 Å². The highest BCUT2D eigenvalue weighted by molar-refractivity contribution is 5.69. The Hall–Kier alpha value is -1.13. The monoisotopic (exact) mass is 691 g/mol. The lowest BCUT2D eigenvalue weighted by Gasteiger charge is -2.15. The Morgan fingerprint density at radius 2 is 0.857 bits per heavy atom. The number of hydrogen-bond acceptors (Lipinski definition) is 4. The van der Waals surface area contributed by atoms with Gasteiger partial charge < -0.3 is 14.6 Å². The fourth-order valence-corrected chi connectivity index (χ4v) is 6.48.